The Morgan fingerprint density at radius 3 is 1.17 bits per heavy atom. The Balaban J connectivity index is 5.40. The van der Waals surface area contributed by atoms with Gasteiger partial charge >= 0.3 is 24.2 Å². The van der Waals surface area contributed by atoms with Gasteiger partial charge in [-0.05, 0) is 0 Å². The molecule has 2 unspecified atom stereocenters. The second kappa shape index (κ2) is 4.77. The van der Waals surface area contributed by atoms with Crippen LogP contribution in [0, 0.1) is 0 Å². The number of rotatable bonds is 3. The summed E-state index contributed by atoms with van der Waals surface area (Å²) in [5.74, 6) is -13.0. The van der Waals surface area contributed by atoms with Crippen molar-refractivity contribution in [1.29, 1.82) is 0 Å². The van der Waals surface area contributed by atoms with Crippen LogP contribution in [0.15, 0.2) is 0 Å². The van der Waals surface area contributed by atoms with Gasteiger partial charge in [0.2, 0.25) is 0 Å². The SMILES string of the molecule is FC(F)(F)C(Cl)C(Cl)C(F)(F)C(F)(F)C(F)(F)F. The Morgan fingerprint density at radius 2 is 0.944 bits per heavy atom. The molecule has 0 aliphatic carbocycles. The molecule has 0 heterocycles. The Labute approximate surface area is 103 Å². The third kappa shape index (κ3) is 3.06. The normalized spacial score (nSPS) is 18.7. The predicted octanol–water partition coefficient (Wildman–Crippen LogP) is 4.60. The van der Waals surface area contributed by atoms with E-state index < -0.39 is 35.0 Å². The molecule has 0 N–H and O–H groups in total. The van der Waals surface area contributed by atoms with Gasteiger partial charge in [-0.1, -0.05) is 0 Å². The van der Waals surface area contributed by atoms with E-state index in [0.29, 0.717) is 0 Å². The summed E-state index contributed by atoms with van der Waals surface area (Å²) >= 11 is 8.63. The molecule has 110 valence electrons. The Morgan fingerprint density at radius 1 is 0.611 bits per heavy atom. The summed E-state index contributed by atoms with van der Waals surface area (Å²) in [6, 6.07) is 0. The van der Waals surface area contributed by atoms with Crippen molar-refractivity contribution in [2.24, 2.45) is 0 Å². The van der Waals surface area contributed by atoms with Crippen molar-refractivity contribution in [3.63, 3.8) is 0 Å². The summed E-state index contributed by atoms with van der Waals surface area (Å²) in [6.07, 6.45) is -12.4. The van der Waals surface area contributed by atoms with Crippen molar-refractivity contribution < 1.29 is 43.9 Å². The van der Waals surface area contributed by atoms with Crippen LogP contribution in [-0.2, 0) is 0 Å². The van der Waals surface area contributed by atoms with Crippen molar-refractivity contribution >= 4 is 23.2 Å². The lowest BCUT2D eigenvalue weighted by atomic mass is 10.0. The highest BCUT2D eigenvalue weighted by Crippen LogP contribution is 2.51. The van der Waals surface area contributed by atoms with E-state index in [2.05, 4.69) is 23.2 Å². The minimum Gasteiger partial charge on any atom is -0.198 e. The highest BCUT2D eigenvalue weighted by atomic mass is 35.5. The summed E-state index contributed by atoms with van der Waals surface area (Å²) in [7, 11) is 0. The third-order valence-electron chi connectivity index (χ3n) is 1.69. The molecule has 0 aromatic carbocycles. The highest BCUT2D eigenvalue weighted by molar-refractivity contribution is 6.30. The molecule has 0 saturated heterocycles. The molecule has 18 heavy (non-hydrogen) atoms. The lowest BCUT2D eigenvalue weighted by Gasteiger charge is -2.33. The second-order valence-electron chi connectivity index (χ2n) is 3.04. The summed E-state index contributed by atoms with van der Waals surface area (Å²) < 4.78 is 120. The van der Waals surface area contributed by atoms with Gasteiger partial charge in [-0.3, -0.25) is 0 Å². The summed E-state index contributed by atoms with van der Waals surface area (Å²) in [5, 5.41) is -7.77. The largest absolute Gasteiger partial charge is 0.459 e. The first-order valence-corrected chi connectivity index (χ1v) is 4.61. The van der Waals surface area contributed by atoms with E-state index in [4.69, 9.17) is 0 Å². The molecule has 0 fully saturated rings. The average Bonchev–Trinajstić information content (AvgIpc) is 2.11. The minimum absolute atomic E-state index is 3.78. The molecule has 2 atom stereocenters. The van der Waals surface area contributed by atoms with Crippen LogP contribution in [-0.4, -0.2) is 35.0 Å². The molecule has 12 heteroatoms. The zero-order valence-corrected chi connectivity index (χ0v) is 9.20. The van der Waals surface area contributed by atoms with Gasteiger partial charge < -0.3 is 0 Å². The van der Waals surface area contributed by atoms with Crippen LogP contribution in [0.5, 0.6) is 0 Å². The number of halogens is 12. The standard InChI is InChI=1S/C6H2Cl2F10/c7-1(2(8)4(11,12)13)3(9,10)5(14,15)6(16,17)18/h1-2H. The van der Waals surface area contributed by atoms with Gasteiger partial charge in [0, 0.05) is 0 Å². The molecular formula is C6H2Cl2F10. The van der Waals surface area contributed by atoms with Crippen molar-refractivity contribution in [1.82, 2.24) is 0 Å². The van der Waals surface area contributed by atoms with Gasteiger partial charge in [-0.2, -0.15) is 43.9 Å². The lowest BCUT2D eigenvalue weighted by molar-refractivity contribution is -0.356. The third-order valence-corrected chi connectivity index (χ3v) is 2.85. The fraction of sp³-hybridized carbons (Fsp3) is 1.00. The van der Waals surface area contributed by atoms with Gasteiger partial charge in [-0.15, -0.1) is 23.2 Å². The van der Waals surface area contributed by atoms with Gasteiger partial charge in [0.1, 0.15) is 5.38 Å². The van der Waals surface area contributed by atoms with E-state index in [1.165, 1.54) is 0 Å². The predicted molar refractivity (Wildman–Crippen MR) is 41.3 cm³/mol. The van der Waals surface area contributed by atoms with E-state index in [1.54, 1.807) is 0 Å². The smallest absolute Gasteiger partial charge is 0.198 e. The Bertz CT molecular complexity index is 292. The monoisotopic (exact) mass is 334 g/mol. The molecule has 0 rings (SSSR count). The van der Waals surface area contributed by atoms with Crippen LogP contribution in [0.1, 0.15) is 0 Å². The second-order valence-corrected chi connectivity index (χ2v) is 3.98. The zero-order valence-electron chi connectivity index (χ0n) is 7.69. The van der Waals surface area contributed by atoms with Crippen LogP contribution in [0.2, 0.25) is 0 Å². The molecule has 0 nitrogen and oxygen atoms in total. The van der Waals surface area contributed by atoms with E-state index in [0.717, 1.165) is 0 Å². The average molecular weight is 335 g/mol. The molecule has 0 saturated carbocycles. The molecule has 0 amide bonds. The number of hydrogen-bond donors (Lipinski definition) is 0. The lowest BCUT2D eigenvalue weighted by Crippen LogP contribution is -2.59. The van der Waals surface area contributed by atoms with Crippen LogP contribution >= 0.6 is 23.2 Å². The van der Waals surface area contributed by atoms with Crippen LogP contribution in [0.25, 0.3) is 0 Å². The minimum atomic E-state index is -6.77. The Hall–Kier alpha value is -0.120. The van der Waals surface area contributed by atoms with Gasteiger partial charge in [0.05, 0.1) is 0 Å². The molecule has 0 aromatic heterocycles. The summed E-state index contributed by atoms with van der Waals surface area (Å²) in [4.78, 5) is 0. The molecule has 0 aliphatic rings. The zero-order chi connectivity index (χ0) is 15.2. The first kappa shape index (κ1) is 17.9. The number of hydrogen-bond acceptors (Lipinski definition) is 0. The van der Waals surface area contributed by atoms with E-state index >= 15 is 0 Å². The van der Waals surface area contributed by atoms with Crippen molar-refractivity contribution in [2.45, 2.75) is 35.0 Å². The maximum absolute atomic E-state index is 12.7. The molecule has 0 radical (unpaired) electrons. The fourth-order valence-electron chi connectivity index (χ4n) is 0.712. The first-order chi connectivity index (χ1) is 7.57. The summed E-state index contributed by atoms with van der Waals surface area (Å²) in [6.45, 7) is 0. The van der Waals surface area contributed by atoms with Crippen molar-refractivity contribution in [3.05, 3.63) is 0 Å². The molecule has 0 spiro atoms. The van der Waals surface area contributed by atoms with Crippen LogP contribution in [0.4, 0.5) is 43.9 Å². The highest BCUT2D eigenvalue weighted by Gasteiger charge is 2.77. The number of alkyl halides is 12. The fourth-order valence-corrected chi connectivity index (χ4v) is 1.15. The van der Waals surface area contributed by atoms with Crippen molar-refractivity contribution in [3.8, 4) is 0 Å². The Kier molecular flexibility index (Phi) is 4.74. The molecule has 0 aliphatic heterocycles. The van der Waals surface area contributed by atoms with E-state index in [1.807, 2.05) is 0 Å². The van der Waals surface area contributed by atoms with Gasteiger partial charge in [-0.25, -0.2) is 0 Å². The quantitative estimate of drug-likeness (QED) is 0.523. The van der Waals surface area contributed by atoms with Gasteiger partial charge in [0.25, 0.3) is 0 Å². The van der Waals surface area contributed by atoms with E-state index in [9.17, 15) is 43.9 Å². The maximum Gasteiger partial charge on any atom is 0.459 e. The summed E-state index contributed by atoms with van der Waals surface area (Å²) in [5.41, 5.74) is 0. The molecule has 0 bridgehead atoms. The molecular weight excluding hydrogens is 333 g/mol. The van der Waals surface area contributed by atoms with Gasteiger partial charge in [0.15, 0.2) is 5.38 Å². The van der Waals surface area contributed by atoms with E-state index in [-0.39, 0.29) is 0 Å². The molecule has 0 aromatic rings. The van der Waals surface area contributed by atoms with Crippen molar-refractivity contribution in [2.75, 3.05) is 0 Å². The van der Waals surface area contributed by atoms with Crippen LogP contribution in [0.3, 0.4) is 0 Å². The topological polar surface area (TPSA) is 0 Å². The maximum atomic E-state index is 12.7. The first-order valence-electron chi connectivity index (χ1n) is 3.74. The van der Waals surface area contributed by atoms with Crippen LogP contribution < -0.4 is 0 Å².